The van der Waals surface area contributed by atoms with Crippen LogP contribution in [-0.2, 0) is 0 Å². The van der Waals surface area contributed by atoms with Gasteiger partial charge in [-0.2, -0.15) is 9.97 Å². The van der Waals surface area contributed by atoms with Crippen molar-refractivity contribution in [2.24, 2.45) is 11.8 Å². The number of alkyl halides is 3. The van der Waals surface area contributed by atoms with Crippen LogP contribution >= 0.6 is 0 Å². The predicted octanol–water partition coefficient (Wildman–Crippen LogP) is 4.57. The Morgan fingerprint density at radius 1 is 1.06 bits per heavy atom. The first-order valence-corrected chi connectivity index (χ1v) is 11.5. The van der Waals surface area contributed by atoms with E-state index in [2.05, 4.69) is 35.2 Å². The number of hydrogen-bond acceptors (Lipinski definition) is 9. The fourth-order valence-electron chi connectivity index (χ4n) is 4.77. The number of aryl methyl sites for hydroxylation is 1. The summed E-state index contributed by atoms with van der Waals surface area (Å²) in [7, 11) is 0. The molecule has 2 aromatic heterocycles. The molecule has 0 amide bonds. The second-order valence-corrected chi connectivity index (χ2v) is 9.17. The van der Waals surface area contributed by atoms with Crippen molar-refractivity contribution < 1.29 is 27.2 Å². The van der Waals surface area contributed by atoms with Gasteiger partial charge in [-0.15, -0.1) is 18.3 Å². The molecule has 0 radical (unpaired) electrons. The van der Waals surface area contributed by atoms with Crippen LogP contribution in [0.1, 0.15) is 38.6 Å². The normalized spacial score (nSPS) is 22.0. The summed E-state index contributed by atoms with van der Waals surface area (Å²) in [5.41, 5.74) is 0. The highest BCUT2D eigenvalue weighted by Gasteiger charge is 2.44. The molecular weight excluding hydrogens is 467 g/mol. The van der Waals surface area contributed by atoms with Crippen molar-refractivity contribution in [1.82, 2.24) is 24.9 Å². The second kappa shape index (κ2) is 8.93. The lowest BCUT2D eigenvalue weighted by Crippen LogP contribution is -2.48. The van der Waals surface area contributed by atoms with Crippen LogP contribution in [0.5, 0.6) is 17.5 Å². The summed E-state index contributed by atoms with van der Waals surface area (Å²) in [6, 6.07) is 6.12. The van der Waals surface area contributed by atoms with E-state index in [0.29, 0.717) is 35.4 Å². The van der Waals surface area contributed by atoms with E-state index in [9.17, 15) is 13.2 Å². The number of nitrogens with one attached hydrogen (secondary N) is 1. The molecule has 188 valence electrons. The van der Waals surface area contributed by atoms with Gasteiger partial charge in [-0.05, 0) is 69.7 Å². The number of aromatic nitrogens is 5. The number of rotatable bonds is 7. The van der Waals surface area contributed by atoms with E-state index < -0.39 is 6.36 Å². The quantitative estimate of drug-likeness (QED) is 0.507. The highest BCUT2D eigenvalue weighted by Crippen LogP contribution is 2.40. The zero-order valence-corrected chi connectivity index (χ0v) is 19.5. The summed E-state index contributed by atoms with van der Waals surface area (Å²) in [5, 5.41) is 12.0. The minimum Gasteiger partial charge on any atom is -0.424 e. The molecule has 10 nitrogen and oxygen atoms in total. The van der Waals surface area contributed by atoms with Crippen LogP contribution in [-0.4, -0.2) is 50.4 Å². The summed E-state index contributed by atoms with van der Waals surface area (Å²) < 4.78 is 53.9. The van der Waals surface area contributed by atoms with E-state index in [1.807, 2.05) is 13.8 Å². The highest BCUT2D eigenvalue weighted by atomic mass is 19.4. The van der Waals surface area contributed by atoms with Crippen LogP contribution in [0.25, 0.3) is 0 Å². The van der Waals surface area contributed by atoms with Gasteiger partial charge in [-0.1, -0.05) is 5.16 Å². The lowest BCUT2D eigenvalue weighted by atomic mass is 9.92. The molecular formula is C22H26F3N7O3. The molecule has 3 heterocycles. The van der Waals surface area contributed by atoms with Gasteiger partial charge in [0.05, 0.1) is 6.04 Å². The van der Waals surface area contributed by atoms with Gasteiger partial charge in [-0.25, -0.2) is 4.68 Å². The molecule has 1 aromatic carbocycles. The second-order valence-electron chi connectivity index (χ2n) is 9.17. The van der Waals surface area contributed by atoms with Crippen molar-refractivity contribution in [2.45, 2.75) is 52.1 Å². The Labute approximate surface area is 199 Å². The van der Waals surface area contributed by atoms with Crippen LogP contribution in [0.2, 0.25) is 0 Å². The van der Waals surface area contributed by atoms with Crippen LogP contribution in [0.4, 0.5) is 25.1 Å². The number of anilines is 2. The SMILES string of the molecule is Cc1noc(N2C[C@H]3CC[C@@H](C2)[C@H]3Nc2nc(Oc3ccc(OC(F)(F)F)cc3)n(C(C)C)n2)n1. The molecule has 3 aromatic rings. The Bertz CT molecular complexity index is 1150. The molecule has 0 unspecified atom stereocenters. The molecule has 0 spiro atoms. The standard InChI is InChI=1S/C22H26F3N7O3/c1-12(2)32-21(33-16-6-8-17(9-7-16)34-22(23,24)25)28-19(29-32)27-18-14-4-5-15(18)11-31(10-14)20-26-13(3)30-35-20/h6-9,12,14-15,18H,4-5,10-11H2,1-3H3,(H,27,29)/t14-,15+,18+. The number of fused-ring (bicyclic) bond motifs is 2. The molecule has 35 heavy (non-hydrogen) atoms. The number of piperidine rings is 1. The van der Waals surface area contributed by atoms with Crippen LogP contribution in [0.3, 0.4) is 0 Å². The van der Waals surface area contributed by atoms with Gasteiger partial charge < -0.3 is 24.2 Å². The van der Waals surface area contributed by atoms with E-state index in [1.54, 1.807) is 11.6 Å². The number of halogens is 3. The predicted molar refractivity (Wildman–Crippen MR) is 118 cm³/mol. The number of benzene rings is 1. The fraction of sp³-hybridized carbons (Fsp3) is 0.545. The van der Waals surface area contributed by atoms with Crippen molar-refractivity contribution in [3.05, 3.63) is 30.1 Å². The van der Waals surface area contributed by atoms with E-state index >= 15 is 0 Å². The summed E-state index contributed by atoms with van der Waals surface area (Å²) >= 11 is 0. The summed E-state index contributed by atoms with van der Waals surface area (Å²) in [4.78, 5) is 11.0. The van der Waals surface area contributed by atoms with Crippen molar-refractivity contribution >= 4 is 12.0 Å². The van der Waals surface area contributed by atoms with Crippen LogP contribution in [0, 0.1) is 18.8 Å². The smallest absolute Gasteiger partial charge is 0.424 e. The average Bonchev–Trinajstić information content (AvgIpc) is 3.45. The van der Waals surface area contributed by atoms with Gasteiger partial charge in [0.15, 0.2) is 5.82 Å². The van der Waals surface area contributed by atoms with Gasteiger partial charge in [0.1, 0.15) is 11.5 Å². The Kier molecular flexibility index (Phi) is 5.93. The van der Waals surface area contributed by atoms with Crippen molar-refractivity contribution in [1.29, 1.82) is 0 Å². The summed E-state index contributed by atoms with van der Waals surface area (Å²) in [6.45, 7) is 7.30. The maximum atomic E-state index is 12.4. The van der Waals surface area contributed by atoms with Crippen molar-refractivity contribution in [3.63, 3.8) is 0 Å². The third kappa shape index (κ3) is 5.13. The molecule has 5 rings (SSSR count). The van der Waals surface area contributed by atoms with Crippen molar-refractivity contribution in [3.8, 4) is 17.5 Å². The van der Waals surface area contributed by atoms with Gasteiger partial charge in [0.2, 0.25) is 5.95 Å². The molecule has 2 fully saturated rings. The first-order chi connectivity index (χ1) is 16.6. The lowest BCUT2D eigenvalue weighted by Gasteiger charge is -2.37. The molecule has 1 N–H and O–H groups in total. The number of ether oxygens (including phenoxy) is 2. The van der Waals surface area contributed by atoms with E-state index in [4.69, 9.17) is 9.26 Å². The monoisotopic (exact) mass is 493 g/mol. The topological polar surface area (TPSA) is 103 Å². The molecule has 13 heteroatoms. The largest absolute Gasteiger partial charge is 0.573 e. The van der Waals surface area contributed by atoms with E-state index in [1.165, 1.54) is 24.3 Å². The minimum absolute atomic E-state index is 0.0415. The number of nitrogens with zero attached hydrogens (tertiary/aromatic N) is 6. The van der Waals surface area contributed by atoms with Crippen LogP contribution in [0.15, 0.2) is 28.8 Å². The van der Waals surface area contributed by atoms with Gasteiger partial charge in [0.25, 0.3) is 0 Å². The summed E-state index contributed by atoms with van der Waals surface area (Å²) in [5.74, 6) is 1.81. The third-order valence-corrected chi connectivity index (χ3v) is 6.27. The molecule has 2 bridgehead atoms. The maximum absolute atomic E-state index is 12.4. The molecule has 1 aliphatic carbocycles. The van der Waals surface area contributed by atoms with E-state index in [-0.39, 0.29) is 23.8 Å². The van der Waals surface area contributed by atoms with Crippen LogP contribution < -0.4 is 19.7 Å². The number of hydrogen-bond donors (Lipinski definition) is 1. The Morgan fingerprint density at radius 3 is 2.29 bits per heavy atom. The molecule has 1 saturated carbocycles. The minimum atomic E-state index is -4.75. The highest BCUT2D eigenvalue weighted by molar-refractivity contribution is 5.36. The first-order valence-electron chi connectivity index (χ1n) is 11.5. The van der Waals surface area contributed by atoms with Crippen molar-refractivity contribution in [2.75, 3.05) is 23.3 Å². The maximum Gasteiger partial charge on any atom is 0.573 e. The lowest BCUT2D eigenvalue weighted by molar-refractivity contribution is -0.274. The van der Waals surface area contributed by atoms with E-state index in [0.717, 1.165) is 25.9 Å². The Hall–Kier alpha value is -3.51. The molecule has 1 saturated heterocycles. The first kappa shape index (κ1) is 23.2. The molecule has 2 aliphatic rings. The van der Waals surface area contributed by atoms with Gasteiger partial charge >= 0.3 is 18.4 Å². The Morgan fingerprint density at radius 2 is 1.71 bits per heavy atom. The molecule has 3 atom stereocenters. The molecule has 1 aliphatic heterocycles. The summed E-state index contributed by atoms with van der Waals surface area (Å²) in [6.07, 6.45) is -2.60. The average molecular weight is 493 g/mol. The zero-order chi connectivity index (χ0) is 24.7. The third-order valence-electron chi connectivity index (χ3n) is 6.27. The van der Waals surface area contributed by atoms with Gasteiger partial charge in [-0.3, -0.25) is 0 Å². The van der Waals surface area contributed by atoms with Gasteiger partial charge in [0, 0.05) is 19.1 Å². The Balaban J connectivity index is 1.28. The fourth-order valence-corrected chi connectivity index (χ4v) is 4.77. The zero-order valence-electron chi connectivity index (χ0n) is 19.5.